The topological polar surface area (TPSA) is 21.3 Å². The van der Waals surface area contributed by atoms with Gasteiger partial charge in [0.1, 0.15) is 5.75 Å². The summed E-state index contributed by atoms with van der Waals surface area (Å²) in [6, 6.07) is 9.33. The van der Waals surface area contributed by atoms with Crippen molar-refractivity contribution in [2.45, 2.75) is 44.8 Å². The first-order valence-corrected chi connectivity index (χ1v) is 9.10. The molecule has 2 unspecified atom stereocenters. The van der Waals surface area contributed by atoms with Crippen LogP contribution in [0.25, 0.3) is 0 Å². The summed E-state index contributed by atoms with van der Waals surface area (Å²) in [5, 5.41) is 3.75. The fourth-order valence-electron chi connectivity index (χ4n) is 2.80. The number of thioether (sulfide) groups is 1. The summed E-state index contributed by atoms with van der Waals surface area (Å²) in [6.45, 7) is 3.34. The zero-order valence-electron chi connectivity index (χ0n) is 12.3. The fourth-order valence-corrected chi connectivity index (χ4v) is 4.10. The minimum absolute atomic E-state index is 0.487. The van der Waals surface area contributed by atoms with Crippen molar-refractivity contribution in [2.75, 3.05) is 18.1 Å². The number of ether oxygens (including phenoxy) is 1. The second-order valence-electron chi connectivity index (χ2n) is 5.94. The molecule has 0 radical (unpaired) electrons. The first-order chi connectivity index (χ1) is 9.86. The molecule has 1 aliphatic heterocycles. The van der Waals surface area contributed by atoms with Crippen molar-refractivity contribution in [3.8, 4) is 5.75 Å². The average molecular weight is 291 g/mol. The Labute approximate surface area is 126 Å². The van der Waals surface area contributed by atoms with Gasteiger partial charge in [0.15, 0.2) is 0 Å². The van der Waals surface area contributed by atoms with Crippen molar-refractivity contribution in [1.82, 2.24) is 5.32 Å². The van der Waals surface area contributed by atoms with E-state index in [0.29, 0.717) is 12.1 Å². The van der Waals surface area contributed by atoms with Gasteiger partial charge < -0.3 is 10.1 Å². The molecule has 3 heteroatoms. The Morgan fingerprint density at radius 3 is 2.65 bits per heavy atom. The molecular weight excluding hydrogens is 266 g/mol. The van der Waals surface area contributed by atoms with Crippen molar-refractivity contribution >= 4 is 11.8 Å². The van der Waals surface area contributed by atoms with Gasteiger partial charge >= 0.3 is 0 Å². The van der Waals surface area contributed by atoms with E-state index >= 15 is 0 Å². The number of hydrogen-bond acceptors (Lipinski definition) is 3. The molecule has 1 saturated carbocycles. The first-order valence-electron chi connectivity index (χ1n) is 7.94. The maximum absolute atomic E-state index is 5.84. The van der Waals surface area contributed by atoms with E-state index in [-0.39, 0.29) is 0 Å². The van der Waals surface area contributed by atoms with Crippen LogP contribution in [0, 0.1) is 5.92 Å². The highest BCUT2D eigenvalue weighted by Gasteiger charge is 2.27. The third-order valence-electron chi connectivity index (χ3n) is 4.12. The van der Waals surface area contributed by atoms with Crippen molar-refractivity contribution in [1.29, 1.82) is 0 Å². The van der Waals surface area contributed by atoms with Crippen LogP contribution in [0.5, 0.6) is 5.75 Å². The van der Waals surface area contributed by atoms with Gasteiger partial charge in [0.2, 0.25) is 0 Å². The maximum atomic E-state index is 5.84. The summed E-state index contributed by atoms with van der Waals surface area (Å²) in [5.74, 6) is 4.42. The molecule has 3 rings (SSSR count). The van der Waals surface area contributed by atoms with Crippen molar-refractivity contribution in [2.24, 2.45) is 5.92 Å². The monoisotopic (exact) mass is 291 g/mol. The molecule has 2 atom stereocenters. The second kappa shape index (κ2) is 6.86. The van der Waals surface area contributed by atoms with Gasteiger partial charge in [-0.25, -0.2) is 0 Å². The number of rotatable bonds is 7. The quantitative estimate of drug-likeness (QED) is 0.820. The number of nitrogens with one attached hydrogen (secondary N) is 1. The van der Waals surface area contributed by atoms with Gasteiger partial charge in [-0.15, -0.1) is 0 Å². The number of hydrogen-bond donors (Lipinski definition) is 1. The van der Waals surface area contributed by atoms with E-state index in [4.69, 9.17) is 4.74 Å². The van der Waals surface area contributed by atoms with E-state index < -0.39 is 0 Å². The van der Waals surface area contributed by atoms with Gasteiger partial charge in [-0.05, 0) is 67.3 Å². The van der Waals surface area contributed by atoms with E-state index in [1.807, 2.05) is 0 Å². The molecule has 110 valence electrons. The molecule has 20 heavy (non-hydrogen) atoms. The lowest BCUT2D eigenvalue weighted by atomic mass is 9.92. The highest BCUT2D eigenvalue weighted by atomic mass is 32.2. The Balaban J connectivity index is 1.67. The Morgan fingerprint density at radius 1 is 1.25 bits per heavy atom. The summed E-state index contributed by atoms with van der Waals surface area (Å²) in [6.07, 6.45) is 5.47. The molecule has 1 aromatic rings. The van der Waals surface area contributed by atoms with Crippen LogP contribution in [0.1, 0.15) is 44.2 Å². The normalized spacial score (nSPS) is 23.8. The highest BCUT2D eigenvalue weighted by molar-refractivity contribution is 7.99. The third-order valence-corrected chi connectivity index (χ3v) is 5.31. The maximum Gasteiger partial charge on any atom is 0.119 e. The van der Waals surface area contributed by atoms with E-state index in [1.54, 1.807) is 0 Å². The van der Waals surface area contributed by atoms with Crippen LogP contribution in [0.2, 0.25) is 0 Å². The predicted octanol–water partition coefficient (Wildman–Crippen LogP) is 4.02. The molecule has 0 aromatic heterocycles. The van der Waals surface area contributed by atoms with E-state index in [9.17, 15) is 0 Å². The summed E-state index contributed by atoms with van der Waals surface area (Å²) < 4.78 is 5.84. The van der Waals surface area contributed by atoms with Crippen LogP contribution in [0.3, 0.4) is 0 Å². The van der Waals surface area contributed by atoms with Gasteiger partial charge in [-0.2, -0.15) is 11.8 Å². The lowest BCUT2D eigenvalue weighted by Crippen LogP contribution is -2.29. The van der Waals surface area contributed by atoms with Gasteiger partial charge in [0.05, 0.1) is 6.10 Å². The third kappa shape index (κ3) is 3.70. The standard InChI is InChI=1S/C17H25NOS/c1-2-10-18-17(14-9-11-20-12-14)13-3-5-15(6-4-13)19-16-7-8-16/h3-6,14,16-18H,2,7-12H2,1H3. The Kier molecular flexibility index (Phi) is 4.90. The summed E-state index contributed by atoms with van der Waals surface area (Å²) in [7, 11) is 0. The van der Waals surface area contributed by atoms with Crippen LogP contribution in [-0.4, -0.2) is 24.2 Å². The van der Waals surface area contributed by atoms with Crippen molar-refractivity contribution in [3.63, 3.8) is 0 Å². The summed E-state index contributed by atoms with van der Waals surface area (Å²) in [5.41, 5.74) is 1.43. The molecule has 0 amide bonds. The Morgan fingerprint density at radius 2 is 2.05 bits per heavy atom. The molecule has 1 N–H and O–H groups in total. The molecule has 2 nitrogen and oxygen atoms in total. The van der Waals surface area contributed by atoms with E-state index in [1.165, 1.54) is 42.8 Å². The molecule has 2 aliphatic rings. The van der Waals surface area contributed by atoms with Gasteiger partial charge in [-0.3, -0.25) is 0 Å². The molecule has 0 spiro atoms. The first kappa shape index (κ1) is 14.3. The molecule has 2 fully saturated rings. The zero-order valence-corrected chi connectivity index (χ0v) is 13.1. The average Bonchev–Trinajstić information content (AvgIpc) is 3.12. The summed E-state index contributed by atoms with van der Waals surface area (Å²) in [4.78, 5) is 0. The van der Waals surface area contributed by atoms with Crippen LogP contribution < -0.4 is 10.1 Å². The van der Waals surface area contributed by atoms with Gasteiger partial charge in [0.25, 0.3) is 0 Å². The Hall–Kier alpha value is -0.670. The van der Waals surface area contributed by atoms with Gasteiger partial charge in [-0.1, -0.05) is 19.1 Å². The lowest BCUT2D eigenvalue weighted by Gasteiger charge is -2.25. The molecular formula is C17H25NOS. The Bertz CT molecular complexity index is 410. The van der Waals surface area contributed by atoms with Crippen LogP contribution in [0.4, 0.5) is 0 Å². The minimum Gasteiger partial charge on any atom is -0.490 e. The second-order valence-corrected chi connectivity index (χ2v) is 7.09. The van der Waals surface area contributed by atoms with E-state index in [2.05, 4.69) is 48.3 Å². The van der Waals surface area contributed by atoms with E-state index in [0.717, 1.165) is 18.2 Å². The fraction of sp³-hybridized carbons (Fsp3) is 0.647. The largest absolute Gasteiger partial charge is 0.490 e. The molecule has 0 bridgehead atoms. The van der Waals surface area contributed by atoms with Crippen molar-refractivity contribution in [3.05, 3.63) is 29.8 Å². The van der Waals surface area contributed by atoms with Crippen LogP contribution in [0.15, 0.2) is 24.3 Å². The predicted molar refractivity (Wildman–Crippen MR) is 86.6 cm³/mol. The minimum atomic E-state index is 0.487. The van der Waals surface area contributed by atoms with Crippen molar-refractivity contribution < 1.29 is 4.74 Å². The highest BCUT2D eigenvalue weighted by Crippen LogP contribution is 2.35. The molecule has 1 aliphatic carbocycles. The molecule has 1 aromatic carbocycles. The lowest BCUT2D eigenvalue weighted by molar-refractivity contribution is 0.303. The van der Waals surface area contributed by atoms with Crippen LogP contribution in [-0.2, 0) is 0 Å². The van der Waals surface area contributed by atoms with Gasteiger partial charge in [0, 0.05) is 6.04 Å². The molecule has 1 heterocycles. The number of benzene rings is 1. The molecule has 1 saturated heterocycles. The zero-order chi connectivity index (χ0) is 13.8. The smallest absolute Gasteiger partial charge is 0.119 e. The summed E-state index contributed by atoms with van der Waals surface area (Å²) >= 11 is 2.09. The SMILES string of the molecule is CCCNC(c1ccc(OC2CC2)cc1)C1CCSC1. The van der Waals surface area contributed by atoms with Crippen LogP contribution >= 0.6 is 11.8 Å².